The molecule has 1 aliphatic rings. The van der Waals surface area contributed by atoms with E-state index in [2.05, 4.69) is 52.5 Å². The largest absolute Gasteiger partial charge is 0.490 e. The molecular weight excluding hydrogens is 549 g/mol. The second-order valence-corrected chi connectivity index (χ2v) is 10.5. The van der Waals surface area contributed by atoms with Crippen molar-refractivity contribution in [2.24, 2.45) is 11.8 Å². The second kappa shape index (κ2) is 14.6. The summed E-state index contributed by atoms with van der Waals surface area (Å²) in [5.41, 5.74) is 4.71. The molecule has 3 aromatic heterocycles. The normalized spacial score (nSPS) is 14.0. The highest BCUT2D eigenvalue weighted by atomic mass is 32.1. The van der Waals surface area contributed by atoms with E-state index in [4.69, 9.17) is 19.6 Å². The van der Waals surface area contributed by atoms with Crippen molar-refractivity contribution in [1.82, 2.24) is 25.1 Å². The number of carboxylic acid groups (broad SMARTS) is 1. The molecule has 1 fully saturated rings. The van der Waals surface area contributed by atoms with E-state index in [1.54, 1.807) is 5.51 Å². The summed E-state index contributed by atoms with van der Waals surface area (Å²) >= 11 is 1.49. The molecular formula is C26H33F3N6O4S. The van der Waals surface area contributed by atoms with Crippen LogP contribution in [0.25, 0.3) is 11.1 Å². The Labute approximate surface area is 234 Å². The number of carboxylic acids is 1. The fraction of sp³-hybridized carbons (Fsp3) is 0.500. The summed E-state index contributed by atoms with van der Waals surface area (Å²) in [4.78, 5) is 31.9. The highest BCUT2D eigenvalue weighted by molar-refractivity contribution is 7.07. The molecule has 218 valence electrons. The number of aliphatic carboxylic acids is 1. The smallest absolute Gasteiger partial charge is 0.475 e. The van der Waals surface area contributed by atoms with Crippen LogP contribution in [0.3, 0.4) is 0 Å². The van der Waals surface area contributed by atoms with Crippen LogP contribution in [-0.4, -0.2) is 62.7 Å². The van der Waals surface area contributed by atoms with E-state index in [1.165, 1.54) is 11.3 Å². The molecule has 1 aliphatic heterocycles. The van der Waals surface area contributed by atoms with Crippen molar-refractivity contribution in [2.45, 2.75) is 52.4 Å². The maximum absolute atomic E-state index is 11.8. The Balaban J connectivity index is 0.000000559. The quantitative estimate of drug-likeness (QED) is 0.352. The first-order valence-electron chi connectivity index (χ1n) is 12.8. The van der Waals surface area contributed by atoms with Gasteiger partial charge in [0.15, 0.2) is 0 Å². The van der Waals surface area contributed by atoms with Gasteiger partial charge in [-0.1, -0.05) is 13.8 Å². The number of nitrogens with one attached hydrogen (secondary N) is 1. The van der Waals surface area contributed by atoms with Gasteiger partial charge in [0.05, 0.1) is 17.4 Å². The van der Waals surface area contributed by atoms with E-state index < -0.39 is 12.1 Å². The van der Waals surface area contributed by atoms with Gasteiger partial charge in [-0.25, -0.2) is 19.6 Å². The first-order valence-corrected chi connectivity index (χ1v) is 13.8. The standard InChI is InChI=1S/C24H32N6O2S.C2HF3O2/c1-18(2)13-30-14-21(12-28-30)20-3-4-23(26-11-20)29-9-6-19(7-10-29)5-8-25-24(31)32-15-22-16-33-17-27-22;3-2(4,5)1(6)7/h3-4,11-12,14,16-19H,5-10,13,15H2,1-2H3,(H,25,31);(H,6,7). The van der Waals surface area contributed by atoms with Crippen LogP contribution in [0, 0.1) is 11.8 Å². The van der Waals surface area contributed by atoms with Gasteiger partial charge in [-0.3, -0.25) is 4.68 Å². The molecule has 10 nitrogen and oxygen atoms in total. The fourth-order valence-corrected chi connectivity index (χ4v) is 4.60. The zero-order chi connectivity index (χ0) is 29.1. The Morgan fingerprint density at radius 1 is 1.18 bits per heavy atom. The van der Waals surface area contributed by atoms with Crippen molar-refractivity contribution in [3.63, 3.8) is 0 Å². The number of thiazole rings is 1. The molecule has 2 N–H and O–H groups in total. The number of halogens is 3. The van der Waals surface area contributed by atoms with Crippen LogP contribution in [0.2, 0.25) is 0 Å². The molecule has 0 bridgehead atoms. The number of aromatic nitrogens is 4. The number of ether oxygens (including phenoxy) is 1. The average Bonchev–Trinajstić information content (AvgIpc) is 3.60. The number of anilines is 1. The highest BCUT2D eigenvalue weighted by Crippen LogP contribution is 2.26. The number of carbonyl (C=O) groups excluding carboxylic acids is 1. The summed E-state index contributed by atoms with van der Waals surface area (Å²) in [6.07, 6.45) is 3.64. The predicted octanol–water partition coefficient (Wildman–Crippen LogP) is 5.22. The van der Waals surface area contributed by atoms with Gasteiger partial charge < -0.3 is 20.1 Å². The first kappa shape index (κ1) is 30.9. The third-order valence-corrected chi connectivity index (χ3v) is 6.74. The van der Waals surface area contributed by atoms with Crippen LogP contribution in [0.4, 0.5) is 23.8 Å². The van der Waals surface area contributed by atoms with E-state index in [0.29, 0.717) is 18.4 Å². The van der Waals surface area contributed by atoms with Gasteiger partial charge in [-0.2, -0.15) is 18.3 Å². The highest BCUT2D eigenvalue weighted by Gasteiger charge is 2.38. The second-order valence-electron chi connectivity index (χ2n) is 9.75. The molecule has 0 atom stereocenters. The van der Waals surface area contributed by atoms with Gasteiger partial charge >= 0.3 is 18.2 Å². The molecule has 0 radical (unpaired) electrons. The van der Waals surface area contributed by atoms with Crippen molar-refractivity contribution >= 4 is 29.2 Å². The first-order chi connectivity index (χ1) is 19.0. The zero-order valence-electron chi connectivity index (χ0n) is 22.3. The number of pyridine rings is 1. The number of hydrogen-bond acceptors (Lipinski definition) is 8. The van der Waals surface area contributed by atoms with Gasteiger partial charge in [0.1, 0.15) is 12.4 Å². The average molecular weight is 583 g/mol. The minimum Gasteiger partial charge on any atom is -0.475 e. The predicted molar refractivity (Wildman–Crippen MR) is 144 cm³/mol. The number of rotatable bonds is 9. The van der Waals surface area contributed by atoms with Crippen LogP contribution < -0.4 is 10.2 Å². The minimum atomic E-state index is -5.08. The van der Waals surface area contributed by atoms with Crippen molar-refractivity contribution in [3.05, 3.63) is 47.3 Å². The maximum atomic E-state index is 11.8. The molecule has 0 saturated carbocycles. The number of alkyl halides is 3. The van der Waals surface area contributed by atoms with Crippen LogP contribution in [-0.2, 0) is 22.7 Å². The number of alkyl carbamates (subject to hydrolysis) is 1. The van der Waals surface area contributed by atoms with E-state index in [1.807, 2.05) is 22.5 Å². The molecule has 3 aromatic rings. The molecule has 1 amide bonds. The van der Waals surface area contributed by atoms with Gasteiger partial charge in [-0.15, -0.1) is 11.3 Å². The number of carbonyl (C=O) groups is 2. The molecule has 1 saturated heterocycles. The monoisotopic (exact) mass is 582 g/mol. The Morgan fingerprint density at radius 2 is 1.90 bits per heavy atom. The van der Waals surface area contributed by atoms with Crippen LogP contribution in [0.5, 0.6) is 0 Å². The van der Waals surface area contributed by atoms with Crippen LogP contribution in [0.15, 0.2) is 41.6 Å². The van der Waals surface area contributed by atoms with E-state index in [0.717, 1.165) is 61.5 Å². The molecule has 14 heteroatoms. The third-order valence-electron chi connectivity index (χ3n) is 6.10. The van der Waals surface area contributed by atoms with E-state index in [-0.39, 0.29) is 12.7 Å². The van der Waals surface area contributed by atoms with Crippen molar-refractivity contribution in [1.29, 1.82) is 0 Å². The topological polar surface area (TPSA) is 122 Å². The Hall–Kier alpha value is -3.68. The summed E-state index contributed by atoms with van der Waals surface area (Å²) in [6.45, 7) is 8.13. The molecule has 0 aromatic carbocycles. The lowest BCUT2D eigenvalue weighted by Crippen LogP contribution is -2.35. The summed E-state index contributed by atoms with van der Waals surface area (Å²) in [5.74, 6) is -0.561. The lowest BCUT2D eigenvalue weighted by Gasteiger charge is -2.32. The molecule has 0 aliphatic carbocycles. The van der Waals surface area contributed by atoms with Crippen molar-refractivity contribution in [2.75, 3.05) is 24.5 Å². The lowest BCUT2D eigenvalue weighted by atomic mass is 9.93. The zero-order valence-corrected chi connectivity index (χ0v) is 23.1. The van der Waals surface area contributed by atoms with Gasteiger partial charge in [-0.05, 0) is 43.2 Å². The SMILES string of the molecule is CC(C)Cn1cc(-c2ccc(N3CCC(CCNC(=O)OCc4cscn4)CC3)nc2)cn1.O=C(O)C(F)(F)F. The van der Waals surface area contributed by atoms with Gasteiger partial charge in [0, 0.05) is 55.1 Å². The summed E-state index contributed by atoms with van der Waals surface area (Å²) in [5, 5.41) is 16.3. The Kier molecular flexibility index (Phi) is 11.3. The van der Waals surface area contributed by atoms with Crippen molar-refractivity contribution in [3.8, 4) is 11.1 Å². The van der Waals surface area contributed by atoms with E-state index >= 15 is 0 Å². The number of amides is 1. The maximum Gasteiger partial charge on any atom is 0.490 e. The van der Waals surface area contributed by atoms with Gasteiger partial charge in [0.2, 0.25) is 0 Å². The van der Waals surface area contributed by atoms with E-state index in [9.17, 15) is 18.0 Å². The fourth-order valence-electron chi connectivity index (χ4n) is 4.06. The molecule has 0 unspecified atom stereocenters. The molecule has 4 heterocycles. The third kappa shape index (κ3) is 10.1. The van der Waals surface area contributed by atoms with Gasteiger partial charge in [0.25, 0.3) is 0 Å². The Morgan fingerprint density at radius 3 is 2.48 bits per heavy atom. The minimum absolute atomic E-state index is 0.222. The van der Waals surface area contributed by atoms with Crippen molar-refractivity contribution < 1.29 is 32.6 Å². The Bertz CT molecular complexity index is 1190. The lowest BCUT2D eigenvalue weighted by molar-refractivity contribution is -0.192. The molecule has 40 heavy (non-hydrogen) atoms. The number of hydrogen-bond donors (Lipinski definition) is 2. The summed E-state index contributed by atoms with van der Waals surface area (Å²) in [7, 11) is 0. The number of piperidine rings is 1. The summed E-state index contributed by atoms with van der Waals surface area (Å²) in [6, 6.07) is 4.24. The summed E-state index contributed by atoms with van der Waals surface area (Å²) < 4.78 is 38.9. The van der Waals surface area contributed by atoms with Crippen LogP contribution in [0.1, 0.15) is 38.8 Å². The molecule has 0 spiro atoms. The number of nitrogens with zero attached hydrogens (tertiary/aromatic N) is 5. The van der Waals surface area contributed by atoms with Crippen LogP contribution >= 0.6 is 11.3 Å². The molecule has 4 rings (SSSR count).